The third-order valence-corrected chi connectivity index (χ3v) is 1.30. The average Bonchev–Trinajstić information content (AvgIpc) is 2.48. The molecule has 1 heterocycles. The fourth-order valence-electron chi connectivity index (χ4n) is 0.765. The standard InChI is InChI=1S/C7H6N2O4/c10-7(11)4-2-5-1-3-6(8-5)9(12)13/h1-4,8H,(H,10,11). The Labute approximate surface area is 72.7 Å². The summed E-state index contributed by atoms with van der Waals surface area (Å²) in [5.41, 5.74) is 0.383. The number of nitro groups is 1. The molecule has 1 aromatic rings. The number of carboxylic acids is 1. The van der Waals surface area contributed by atoms with Gasteiger partial charge in [0, 0.05) is 12.1 Å². The second kappa shape index (κ2) is 3.53. The van der Waals surface area contributed by atoms with E-state index >= 15 is 0 Å². The number of rotatable bonds is 3. The van der Waals surface area contributed by atoms with E-state index in [9.17, 15) is 14.9 Å². The Morgan fingerprint density at radius 1 is 1.62 bits per heavy atom. The Morgan fingerprint density at radius 2 is 2.31 bits per heavy atom. The maximum absolute atomic E-state index is 10.2. The van der Waals surface area contributed by atoms with Gasteiger partial charge in [0.2, 0.25) is 0 Å². The molecule has 0 saturated carbocycles. The van der Waals surface area contributed by atoms with Crippen molar-refractivity contribution >= 4 is 17.9 Å². The van der Waals surface area contributed by atoms with Crippen LogP contribution in [-0.2, 0) is 4.79 Å². The minimum absolute atomic E-state index is 0.162. The number of aromatic nitrogens is 1. The maximum atomic E-state index is 10.2. The zero-order chi connectivity index (χ0) is 9.84. The van der Waals surface area contributed by atoms with Crippen molar-refractivity contribution < 1.29 is 14.8 Å². The van der Waals surface area contributed by atoms with E-state index in [1.54, 1.807) is 0 Å². The van der Waals surface area contributed by atoms with E-state index in [1.165, 1.54) is 18.2 Å². The number of hydrogen-bond acceptors (Lipinski definition) is 3. The molecule has 1 aromatic heterocycles. The van der Waals surface area contributed by atoms with Crippen LogP contribution in [0.15, 0.2) is 18.2 Å². The van der Waals surface area contributed by atoms with Gasteiger partial charge in [0.25, 0.3) is 0 Å². The smallest absolute Gasteiger partial charge is 0.328 e. The molecule has 0 spiro atoms. The topological polar surface area (TPSA) is 96.2 Å². The Morgan fingerprint density at radius 3 is 2.77 bits per heavy atom. The molecule has 13 heavy (non-hydrogen) atoms. The molecule has 0 unspecified atom stereocenters. The van der Waals surface area contributed by atoms with Crippen LogP contribution < -0.4 is 0 Å². The van der Waals surface area contributed by atoms with Gasteiger partial charge in [0.15, 0.2) is 0 Å². The van der Waals surface area contributed by atoms with Gasteiger partial charge in [0.05, 0.1) is 0 Å². The second-order valence-corrected chi connectivity index (χ2v) is 2.23. The highest BCUT2D eigenvalue weighted by atomic mass is 16.6. The Bertz CT molecular complexity index is 366. The normalized spacial score (nSPS) is 10.5. The number of H-pyrrole nitrogens is 1. The summed E-state index contributed by atoms with van der Waals surface area (Å²) in [6.07, 6.45) is 2.14. The highest BCUT2D eigenvalue weighted by Crippen LogP contribution is 2.10. The molecule has 0 bridgehead atoms. The molecule has 0 radical (unpaired) electrons. The van der Waals surface area contributed by atoms with Crippen molar-refractivity contribution in [3.05, 3.63) is 34.0 Å². The summed E-state index contributed by atoms with van der Waals surface area (Å²) in [5.74, 6) is -1.26. The van der Waals surface area contributed by atoms with E-state index in [1.807, 2.05) is 0 Å². The molecule has 0 aliphatic carbocycles. The molecule has 2 N–H and O–H groups in total. The van der Waals surface area contributed by atoms with E-state index in [2.05, 4.69) is 4.98 Å². The van der Waals surface area contributed by atoms with Gasteiger partial charge in [-0.15, -0.1) is 0 Å². The summed E-state index contributed by atoms with van der Waals surface area (Å²) in [7, 11) is 0. The predicted octanol–water partition coefficient (Wildman–Crippen LogP) is 1.02. The van der Waals surface area contributed by atoms with Gasteiger partial charge in [-0.25, -0.2) is 9.78 Å². The molecule has 1 rings (SSSR count). The fourth-order valence-corrected chi connectivity index (χ4v) is 0.765. The zero-order valence-corrected chi connectivity index (χ0v) is 6.43. The second-order valence-electron chi connectivity index (χ2n) is 2.23. The van der Waals surface area contributed by atoms with Crippen molar-refractivity contribution in [3.8, 4) is 0 Å². The van der Waals surface area contributed by atoms with Crippen LogP contribution in [0.3, 0.4) is 0 Å². The zero-order valence-electron chi connectivity index (χ0n) is 6.43. The van der Waals surface area contributed by atoms with Crippen LogP contribution in [0.5, 0.6) is 0 Å². The van der Waals surface area contributed by atoms with Gasteiger partial charge in [-0.3, -0.25) is 0 Å². The van der Waals surface area contributed by atoms with E-state index in [0.29, 0.717) is 5.69 Å². The maximum Gasteiger partial charge on any atom is 0.328 e. The largest absolute Gasteiger partial charge is 0.478 e. The summed E-state index contributed by atoms with van der Waals surface area (Å²) in [5, 5.41) is 18.4. The molecule has 6 nitrogen and oxygen atoms in total. The molecular formula is C7H6N2O4. The minimum Gasteiger partial charge on any atom is -0.478 e. The quantitative estimate of drug-likeness (QED) is 0.414. The van der Waals surface area contributed by atoms with E-state index < -0.39 is 10.9 Å². The molecule has 0 saturated heterocycles. The first-order valence-electron chi connectivity index (χ1n) is 3.34. The van der Waals surface area contributed by atoms with E-state index in [0.717, 1.165) is 6.08 Å². The Kier molecular flexibility index (Phi) is 2.44. The number of carboxylic acid groups (broad SMARTS) is 1. The summed E-state index contributed by atoms with van der Waals surface area (Å²) in [6.45, 7) is 0. The molecule has 0 atom stereocenters. The number of hydrogen-bond donors (Lipinski definition) is 2. The number of aromatic amines is 1. The van der Waals surface area contributed by atoms with Crippen molar-refractivity contribution in [2.24, 2.45) is 0 Å². The van der Waals surface area contributed by atoms with Gasteiger partial charge in [-0.1, -0.05) is 0 Å². The van der Waals surface area contributed by atoms with Crippen molar-refractivity contribution in [2.75, 3.05) is 0 Å². The molecule has 0 aliphatic heterocycles. The lowest BCUT2D eigenvalue weighted by Gasteiger charge is -1.86. The fraction of sp³-hybridized carbons (Fsp3) is 0. The van der Waals surface area contributed by atoms with Gasteiger partial charge < -0.3 is 15.2 Å². The predicted molar refractivity (Wildman–Crippen MR) is 44.1 cm³/mol. The Balaban J connectivity index is 2.80. The van der Waals surface area contributed by atoms with Crippen LogP contribution in [-0.4, -0.2) is 21.0 Å². The van der Waals surface area contributed by atoms with Gasteiger partial charge in [-0.05, 0) is 17.1 Å². The molecule has 0 aromatic carbocycles. The lowest BCUT2D eigenvalue weighted by atomic mass is 10.4. The van der Waals surface area contributed by atoms with Crippen LogP contribution >= 0.6 is 0 Å². The van der Waals surface area contributed by atoms with Crippen LogP contribution in [0.4, 0.5) is 5.82 Å². The minimum atomic E-state index is -1.10. The highest BCUT2D eigenvalue weighted by Gasteiger charge is 2.05. The monoisotopic (exact) mass is 182 g/mol. The molecule has 6 heteroatoms. The summed E-state index contributed by atoms with van der Waals surface area (Å²) in [4.78, 5) is 22.1. The van der Waals surface area contributed by atoms with Crippen LogP contribution in [0.25, 0.3) is 6.08 Å². The van der Waals surface area contributed by atoms with Crippen LogP contribution in [0.1, 0.15) is 5.69 Å². The van der Waals surface area contributed by atoms with Crippen molar-refractivity contribution in [3.63, 3.8) is 0 Å². The number of carbonyl (C=O) groups is 1. The molecule has 0 aliphatic rings. The third-order valence-electron chi connectivity index (χ3n) is 1.30. The highest BCUT2D eigenvalue weighted by molar-refractivity contribution is 5.84. The van der Waals surface area contributed by atoms with Gasteiger partial charge in [0.1, 0.15) is 5.69 Å². The number of nitrogens with one attached hydrogen (secondary N) is 1. The lowest BCUT2D eigenvalue weighted by Crippen LogP contribution is -1.88. The number of nitrogens with zero attached hydrogens (tertiary/aromatic N) is 1. The van der Waals surface area contributed by atoms with Crippen molar-refractivity contribution in [2.45, 2.75) is 0 Å². The van der Waals surface area contributed by atoms with Crippen molar-refractivity contribution in [1.82, 2.24) is 4.98 Å². The molecular weight excluding hydrogens is 176 g/mol. The first kappa shape index (κ1) is 8.98. The first-order chi connectivity index (χ1) is 6.09. The summed E-state index contributed by atoms with van der Waals surface area (Å²) < 4.78 is 0. The SMILES string of the molecule is O=C(O)C=Cc1ccc([N+](=O)[O-])[nH]1. The number of aliphatic carboxylic acids is 1. The van der Waals surface area contributed by atoms with Gasteiger partial charge >= 0.3 is 11.8 Å². The van der Waals surface area contributed by atoms with E-state index in [4.69, 9.17) is 5.11 Å². The average molecular weight is 182 g/mol. The summed E-state index contributed by atoms with van der Waals surface area (Å²) in [6, 6.07) is 2.69. The Hall–Kier alpha value is -2.11. The first-order valence-corrected chi connectivity index (χ1v) is 3.34. The van der Waals surface area contributed by atoms with Crippen LogP contribution in [0.2, 0.25) is 0 Å². The van der Waals surface area contributed by atoms with Gasteiger partial charge in [-0.2, -0.15) is 0 Å². The van der Waals surface area contributed by atoms with Crippen LogP contribution in [0, 0.1) is 10.1 Å². The van der Waals surface area contributed by atoms with E-state index in [-0.39, 0.29) is 5.82 Å². The molecule has 68 valence electrons. The third kappa shape index (κ3) is 2.44. The molecule has 0 amide bonds. The van der Waals surface area contributed by atoms with Crippen molar-refractivity contribution in [1.29, 1.82) is 0 Å². The summed E-state index contributed by atoms with van der Waals surface area (Å²) >= 11 is 0. The lowest BCUT2D eigenvalue weighted by molar-refractivity contribution is -0.389. The molecule has 0 fully saturated rings.